The summed E-state index contributed by atoms with van der Waals surface area (Å²) in [7, 11) is 2.18. The minimum atomic E-state index is 0.630. The third-order valence-corrected chi connectivity index (χ3v) is 4.11. The monoisotopic (exact) mass is 268 g/mol. The molecule has 1 rings (SSSR count). The molecule has 0 amide bonds. The molecule has 0 aromatic heterocycles. The number of nitrogens with zero attached hydrogens (tertiary/aromatic N) is 2. The number of hydrogen-bond acceptors (Lipinski definition) is 2. The Kier molecular flexibility index (Phi) is 7.87. The molecule has 1 saturated carbocycles. The first-order valence-electron chi connectivity index (χ1n) is 7.92. The second-order valence-electron chi connectivity index (χ2n) is 5.62. The predicted molar refractivity (Wildman–Crippen MR) is 83.8 cm³/mol. The van der Waals surface area contributed by atoms with E-state index >= 15 is 0 Å². The van der Waals surface area contributed by atoms with E-state index in [0.717, 1.165) is 25.6 Å². The van der Waals surface area contributed by atoms with Crippen LogP contribution in [0.3, 0.4) is 0 Å². The molecule has 4 heteroatoms. The quantitative estimate of drug-likeness (QED) is 0.549. The van der Waals surface area contributed by atoms with E-state index in [1.807, 2.05) is 0 Å². The zero-order valence-electron chi connectivity index (χ0n) is 13.2. The molecular formula is C15H32N4. The van der Waals surface area contributed by atoms with Crippen LogP contribution in [0.15, 0.2) is 4.99 Å². The lowest BCUT2D eigenvalue weighted by molar-refractivity contribution is 0.259. The molecule has 19 heavy (non-hydrogen) atoms. The Morgan fingerprint density at radius 2 is 2.00 bits per heavy atom. The molecule has 0 spiro atoms. The zero-order chi connectivity index (χ0) is 14.1. The van der Waals surface area contributed by atoms with Gasteiger partial charge in [0.2, 0.25) is 0 Å². The fourth-order valence-corrected chi connectivity index (χ4v) is 2.44. The highest BCUT2D eigenvalue weighted by Crippen LogP contribution is 2.17. The first kappa shape index (κ1) is 16.3. The van der Waals surface area contributed by atoms with Crippen LogP contribution in [0.1, 0.15) is 52.9 Å². The van der Waals surface area contributed by atoms with Crippen molar-refractivity contribution in [1.29, 1.82) is 0 Å². The van der Waals surface area contributed by atoms with E-state index in [9.17, 15) is 0 Å². The van der Waals surface area contributed by atoms with Crippen LogP contribution in [0.2, 0.25) is 0 Å². The fourth-order valence-electron chi connectivity index (χ4n) is 2.44. The van der Waals surface area contributed by atoms with E-state index < -0.39 is 0 Å². The highest BCUT2D eigenvalue weighted by Gasteiger charge is 2.15. The molecule has 1 fully saturated rings. The molecule has 0 saturated heterocycles. The van der Waals surface area contributed by atoms with Crippen LogP contribution < -0.4 is 10.6 Å². The summed E-state index contributed by atoms with van der Waals surface area (Å²) >= 11 is 0. The molecule has 1 unspecified atom stereocenters. The number of nitrogens with one attached hydrogen (secondary N) is 2. The summed E-state index contributed by atoms with van der Waals surface area (Å²) in [4.78, 5) is 7.06. The number of rotatable bonds is 7. The predicted octanol–water partition coefficient (Wildman–Crippen LogP) is 2.21. The van der Waals surface area contributed by atoms with E-state index in [1.165, 1.54) is 32.1 Å². The van der Waals surface area contributed by atoms with Gasteiger partial charge in [-0.25, -0.2) is 0 Å². The Labute approximate surface area is 119 Å². The summed E-state index contributed by atoms with van der Waals surface area (Å²) in [6.45, 7) is 9.44. The second kappa shape index (κ2) is 9.18. The van der Waals surface area contributed by atoms with E-state index in [-0.39, 0.29) is 0 Å². The van der Waals surface area contributed by atoms with Crippen LogP contribution in [0.4, 0.5) is 0 Å². The van der Waals surface area contributed by atoms with Crippen LogP contribution in [0, 0.1) is 0 Å². The maximum absolute atomic E-state index is 4.69. The fraction of sp³-hybridized carbons (Fsp3) is 0.933. The topological polar surface area (TPSA) is 39.7 Å². The van der Waals surface area contributed by atoms with Crippen molar-refractivity contribution in [2.45, 2.75) is 65.0 Å². The van der Waals surface area contributed by atoms with Gasteiger partial charge in [-0.1, -0.05) is 19.8 Å². The highest BCUT2D eigenvalue weighted by molar-refractivity contribution is 5.80. The summed E-state index contributed by atoms with van der Waals surface area (Å²) in [6, 6.07) is 1.27. The lowest BCUT2D eigenvalue weighted by Gasteiger charge is -2.23. The Morgan fingerprint density at radius 1 is 1.32 bits per heavy atom. The molecule has 2 N–H and O–H groups in total. The number of likely N-dealkylation sites (N-methyl/N-ethyl adjacent to an activating group) is 1. The molecule has 0 aliphatic heterocycles. The molecule has 0 aromatic carbocycles. The Hall–Kier alpha value is -0.770. The minimum Gasteiger partial charge on any atom is -0.357 e. The van der Waals surface area contributed by atoms with Gasteiger partial charge in [0.15, 0.2) is 5.96 Å². The van der Waals surface area contributed by atoms with Crippen LogP contribution in [-0.4, -0.2) is 49.6 Å². The smallest absolute Gasteiger partial charge is 0.191 e. The van der Waals surface area contributed by atoms with E-state index in [2.05, 4.69) is 48.3 Å². The average molecular weight is 268 g/mol. The first-order valence-corrected chi connectivity index (χ1v) is 7.92. The molecule has 0 aromatic rings. The van der Waals surface area contributed by atoms with Crippen molar-refractivity contribution in [3.05, 3.63) is 0 Å². The van der Waals surface area contributed by atoms with Crippen molar-refractivity contribution in [3.63, 3.8) is 0 Å². The molecule has 1 atom stereocenters. The van der Waals surface area contributed by atoms with Gasteiger partial charge < -0.3 is 15.5 Å². The van der Waals surface area contributed by atoms with Crippen LogP contribution in [-0.2, 0) is 0 Å². The van der Waals surface area contributed by atoms with Crippen LogP contribution in [0.5, 0.6) is 0 Å². The highest BCUT2D eigenvalue weighted by atomic mass is 15.2. The van der Waals surface area contributed by atoms with E-state index in [1.54, 1.807) is 0 Å². The van der Waals surface area contributed by atoms with Gasteiger partial charge in [0, 0.05) is 25.2 Å². The average Bonchev–Trinajstić information content (AvgIpc) is 2.90. The van der Waals surface area contributed by atoms with Crippen molar-refractivity contribution >= 4 is 5.96 Å². The molecular weight excluding hydrogens is 236 g/mol. The molecule has 0 radical (unpaired) electrons. The summed E-state index contributed by atoms with van der Waals surface area (Å²) in [5, 5.41) is 6.90. The number of guanidine groups is 1. The second-order valence-corrected chi connectivity index (χ2v) is 5.62. The molecule has 112 valence electrons. The number of hydrogen-bond donors (Lipinski definition) is 2. The van der Waals surface area contributed by atoms with Gasteiger partial charge in [-0.15, -0.1) is 0 Å². The molecule has 0 heterocycles. The van der Waals surface area contributed by atoms with Crippen molar-refractivity contribution in [1.82, 2.24) is 15.5 Å². The van der Waals surface area contributed by atoms with Crippen molar-refractivity contribution in [2.75, 3.05) is 26.7 Å². The first-order chi connectivity index (χ1) is 9.17. The third-order valence-electron chi connectivity index (χ3n) is 4.11. The zero-order valence-corrected chi connectivity index (χ0v) is 13.2. The summed E-state index contributed by atoms with van der Waals surface area (Å²) in [5.41, 5.74) is 0. The molecule has 1 aliphatic rings. The lowest BCUT2D eigenvalue weighted by Crippen LogP contribution is -2.42. The van der Waals surface area contributed by atoms with Gasteiger partial charge >= 0.3 is 0 Å². The normalized spacial score (nSPS) is 18.9. The van der Waals surface area contributed by atoms with Gasteiger partial charge in [-0.3, -0.25) is 4.99 Å². The van der Waals surface area contributed by atoms with Gasteiger partial charge in [0.05, 0.1) is 6.54 Å². The van der Waals surface area contributed by atoms with Crippen molar-refractivity contribution in [3.8, 4) is 0 Å². The maximum atomic E-state index is 4.69. The Balaban J connectivity index is 2.34. The van der Waals surface area contributed by atoms with E-state index in [4.69, 9.17) is 0 Å². The molecule has 4 nitrogen and oxygen atoms in total. The third kappa shape index (κ3) is 6.28. The summed E-state index contributed by atoms with van der Waals surface area (Å²) in [6.07, 6.45) is 6.48. The van der Waals surface area contributed by atoms with Gasteiger partial charge in [0.1, 0.15) is 0 Å². The van der Waals surface area contributed by atoms with Crippen LogP contribution >= 0.6 is 0 Å². The van der Waals surface area contributed by atoms with Gasteiger partial charge in [0.25, 0.3) is 0 Å². The molecule has 0 bridgehead atoms. The Morgan fingerprint density at radius 3 is 2.58 bits per heavy atom. The lowest BCUT2D eigenvalue weighted by atomic mass is 10.2. The van der Waals surface area contributed by atoms with Gasteiger partial charge in [-0.05, 0) is 40.2 Å². The van der Waals surface area contributed by atoms with Crippen molar-refractivity contribution in [2.24, 2.45) is 4.99 Å². The summed E-state index contributed by atoms with van der Waals surface area (Å²) < 4.78 is 0. The largest absolute Gasteiger partial charge is 0.357 e. The maximum Gasteiger partial charge on any atom is 0.191 e. The Bertz CT molecular complexity index is 259. The van der Waals surface area contributed by atoms with Crippen molar-refractivity contribution < 1.29 is 0 Å². The summed E-state index contributed by atoms with van der Waals surface area (Å²) in [5.74, 6) is 0.993. The van der Waals surface area contributed by atoms with Gasteiger partial charge in [-0.2, -0.15) is 0 Å². The minimum absolute atomic E-state index is 0.630. The number of aliphatic imine (C=N–C) groups is 1. The molecule has 1 aliphatic carbocycles. The van der Waals surface area contributed by atoms with E-state index in [0.29, 0.717) is 12.1 Å². The standard InChI is InChI=1S/C15H32N4/c1-5-13(3)19(4)12-11-17-15(16-6-2)18-14-9-7-8-10-14/h13-14H,5-12H2,1-4H3,(H2,16,17,18). The SMILES string of the molecule is CCNC(=NCCN(C)C(C)CC)NC1CCCC1. The van der Waals surface area contributed by atoms with Crippen LogP contribution in [0.25, 0.3) is 0 Å².